The molecule has 5 heteroatoms. The summed E-state index contributed by atoms with van der Waals surface area (Å²) < 4.78 is 11.1. The summed E-state index contributed by atoms with van der Waals surface area (Å²) in [6.45, 7) is 0. The fourth-order valence-corrected chi connectivity index (χ4v) is 2.07. The van der Waals surface area contributed by atoms with Gasteiger partial charge in [0, 0.05) is 10.2 Å². The highest BCUT2D eigenvalue weighted by Crippen LogP contribution is 2.24. The van der Waals surface area contributed by atoms with Crippen molar-refractivity contribution >= 4 is 27.5 Å². The van der Waals surface area contributed by atoms with Crippen LogP contribution in [0.15, 0.2) is 46.9 Å². The third-order valence-corrected chi connectivity index (χ3v) is 3.25. The SMILES string of the molecule is COc1ccc(NC(=O)c2ccc(Br)cc2OC)cc1. The lowest BCUT2D eigenvalue weighted by Gasteiger charge is -2.10. The van der Waals surface area contributed by atoms with E-state index in [0.29, 0.717) is 17.0 Å². The van der Waals surface area contributed by atoms with Crippen LogP contribution in [0, 0.1) is 0 Å². The van der Waals surface area contributed by atoms with Crippen LogP contribution < -0.4 is 14.8 Å². The summed E-state index contributed by atoms with van der Waals surface area (Å²) in [5, 5.41) is 2.81. The molecule has 0 saturated carbocycles. The van der Waals surface area contributed by atoms with Crippen LogP contribution in [0.4, 0.5) is 5.69 Å². The number of hydrogen-bond donors (Lipinski definition) is 1. The maximum atomic E-state index is 12.2. The summed E-state index contributed by atoms with van der Waals surface area (Å²) in [7, 11) is 3.13. The number of benzene rings is 2. The number of carbonyl (C=O) groups is 1. The number of nitrogens with one attached hydrogen (secondary N) is 1. The molecule has 2 aromatic rings. The van der Waals surface area contributed by atoms with Gasteiger partial charge in [0.05, 0.1) is 19.8 Å². The average Bonchev–Trinajstić information content (AvgIpc) is 2.47. The molecule has 1 N–H and O–H groups in total. The Hall–Kier alpha value is -2.01. The molecule has 0 heterocycles. The van der Waals surface area contributed by atoms with Gasteiger partial charge in [-0.3, -0.25) is 4.79 Å². The molecule has 1 amide bonds. The number of anilines is 1. The Morgan fingerprint density at radius 3 is 2.35 bits per heavy atom. The molecule has 0 aromatic heterocycles. The van der Waals surface area contributed by atoms with Crippen LogP contribution in [0.2, 0.25) is 0 Å². The van der Waals surface area contributed by atoms with Gasteiger partial charge in [-0.2, -0.15) is 0 Å². The quantitative estimate of drug-likeness (QED) is 0.926. The van der Waals surface area contributed by atoms with Crippen molar-refractivity contribution in [3.63, 3.8) is 0 Å². The molecule has 0 aliphatic rings. The van der Waals surface area contributed by atoms with E-state index in [1.807, 2.05) is 0 Å². The van der Waals surface area contributed by atoms with Crippen molar-refractivity contribution in [3.8, 4) is 11.5 Å². The summed E-state index contributed by atoms with van der Waals surface area (Å²) in [5.41, 5.74) is 1.17. The van der Waals surface area contributed by atoms with Gasteiger partial charge in [-0.15, -0.1) is 0 Å². The number of methoxy groups -OCH3 is 2. The molecule has 0 unspecified atom stereocenters. The van der Waals surface area contributed by atoms with Crippen molar-refractivity contribution in [2.75, 3.05) is 19.5 Å². The Morgan fingerprint density at radius 1 is 1.05 bits per heavy atom. The molecule has 0 aliphatic heterocycles. The number of ether oxygens (including phenoxy) is 2. The lowest BCUT2D eigenvalue weighted by molar-refractivity contribution is 0.102. The third kappa shape index (κ3) is 3.30. The van der Waals surface area contributed by atoms with Crippen molar-refractivity contribution < 1.29 is 14.3 Å². The largest absolute Gasteiger partial charge is 0.497 e. The zero-order valence-electron chi connectivity index (χ0n) is 11.1. The van der Waals surface area contributed by atoms with Gasteiger partial charge < -0.3 is 14.8 Å². The minimum absolute atomic E-state index is 0.223. The zero-order chi connectivity index (χ0) is 14.5. The molecule has 0 atom stereocenters. The summed E-state index contributed by atoms with van der Waals surface area (Å²) in [6, 6.07) is 12.4. The molecule has 0 bridgehead atoms. The number of halogens is 1. The van der Waals surface area contributed by atoms with Crippen molar-refractivity contribution in [1.29, 1.82) is 0 Å². The summed E-state index contributed by atoms with van der Waals surface area (Å²) >= 11 is 3.34. The van der Waals surface area contributed by atoms with Crippen LogP contribution in [0.3, 0.4) is 0 Å². The number of rotatable bonds is 4. The van der Waals surface area contributed by atoms with Crippen LogP contribution in [0.25, 0.3) is 0 Å². The first-order valence-electron chi connectivity index (χ1n) is 5.93. The maximum absolute atomic E-state index is 12.2. The Bertz CT molecular complexity index is 611. The van der Waals surface area contributed by atoms with Gasteiger partial charge in [0.1, 0.15) is 11.5 Å². The van der Waals surface area contributed by atoms with Crippen molar-refractivity contribution in [2.24, 2.45) is 0 Å². The minimum Gasteiger partial charge on any atom is -0.497 e. The van der Waals surface area contributed by atoms with E-state index < -0.39 is 0 Å². The first-order chi connectivity index (χ1) is 9.63. The second-order valence-corrected chi connectivity index (χ2v) is 4.94. The lowest BCUT2D eigenvalue weighted by atomic mass is 10.2. The van der Waals surface area contributed by atoms with Crippen molar-refractivity contribution in [2.45, 2.75) is 0 Å². The van der Waals surface area contributed by atoms with Gasteiger partial charge in [-0.1, -0.05) is 15.9 Å². The molecule has 20 heavy (non-hydrogen) atoms. The van der Waals surface area contributed by atoms with E-state index in [1.165, 1.54) is 7.11 Å². The topological polar surface area (TPSA) is 47.6 Å². The first kappa shape index (κ1) is 14.4. The third-order valence-electron chi connectivity index (χ3n) is 2.76. The molecule has 2 aromatic carbocycles. The van der Waals surface area contributed by atoms with Crippen LogP contribution >= 0.6 is 15.9 Å². The van der Waals surface area contributed by atoms with E-state index in [-0.39, 0.29) is 5.91 Å². The van der Waals surface area contributed by atoms with E-state index in [1.54, 1.807) is 49.6 Å². The molecule has 2 rings (SSSR count). The highest BCUT2D eigenvalue weighted by molar-refractivity contribution is 9.10. The van der Waals surface area contributed by atoms with Gasteiger partial charge in [-0.25, -0.2) is 0 Å². The van der Waals surface area contributed by atoms with Gasteiger partial charge in [0.25, 0.3) is 5.91 Å². The zero-order valence-corrected chi connectivity index (χ0v) is 12.7. The number of carbonyl (C=O) groups excluding carboxylic acids is 1. The molecule has 0 radical (unpaired) electrons. The molecule has 0 fully saturated rings. The molecule has 0 aliphatic carbocycles. The van der Waals surface area contributed by atoms with E-state index in [0.717, 1.165) is 10.2 Å². The Labute approximate surface area is 125 Å². The average molecular weight is 336 g/mol. The van der Waals surface area contributed by atoms with Crippen LogP contribution in [0.5, 0.6) is 11.5 Å². The van der Waals surface area contributed by atoms with E-state index in [9.17, 15) is 4.79 Å². The summed E-state index contributed by atoms with van der Waals surface area (Å²) in [6.07, 6.45) is 0. The van der Waals surface area contributed by atoms with Gasteiger partial charge >= 0.3 is 0 Å². The highest BCUT2D eigenvalue weighted by Gasteiger charge is 2.12. The first-order valence-corrected chi connectivity index (χ1v) is 6.72. The van der Waals surface area contributed by atoms with Gasteiger partial charge in [-0.05, 0) is 42.5 Å². The molecular formula is C15H14BrNO3. The number of amides is 1. The smallest absolute Gasteiger partial charge is 0.259 e. The standard InChI is InChI=1S/C15H14BrNO3/c1-19-12-6-4-11(5-7-12)17-15(18)13-8-3-10(16)9-14(13)20-2/h3-9H,1-2H3,(H,17,18). The van der Waals surface area contributed by atoms with Gasteiger partial charge in [0.15, 0.2) is 0 Å². The Morgan fingerprint density at radius 2 is 1.75 bits per heavy atom. The molecule has 104 valence electrons. The molecule has 0 spiro atoms. The van der Waals surface area contributed by atoms with Crippen LogP contribution in [0.1, 0.15) is 10.4 Å². The molecular weight excluding hydrogens is 322 g/mol. The molecule has 4 nitrogen and oxygen atoms in total. The predicted octanol–water partition coefficient (Wildman–Crippen LogP) is 3.72. The highest BCUT2D eigenvalue weighted by atomic mass is 79.9. The van der Waals surface area contributed by atoms with E-state index in [4.69, 9.17) is 9.47 Å². The minimum atomic E-state index is -0.223. The van der Waals surface area contributed by atoms with E-state index >= 15 is 0 Å². The van der Waals surface area contributed by atoms with Gasteiger partial charge in [0.2, 0.25) is 0 Å². The fraction of sp³-hybridized carbons (Fsp3) is 0.133. The normalized spacial score (nSPS) is 9.95. The number of hydrogen-bond acceptors (Lipinski definition) is 3. The van der Waals surface area contributed by atoms with Crippen LogP contribution in [-0.2, 0) is 0 Å². The van der Waals surface area contributed by atoms with Crippen LogP contribution in [-0.4, -0.2) is 20.1 Å². The predicted molar refractivity (Wildman–Crippen MR) is 81.6 cm³/mol. The second kappa shape index (κ2) is 6.43. The Balaban J connectivity index is 2.19. The van der Waals surface area contributed by atoms with Crippen molar-refractivity contribution in [1.82, 2.24) is 0 Å². The fourth-order valence-electron chi connectivity index (χ4n) is 1.73. The van der Waals surface area contributed by atoms with Crippen molar-refractivity contribution in [3.05, 3.63) is 52.5 Å². The summed E-state index contributed by atoms with van der Waals surface area (Å²) in [4.78, 5) is 12.2. The maximum Gasteiger partial charge on any atom is 0.259 e. The second-order valence-electron chi connectivity index (χ2n) is 4.03. The monoisotopic (exact) mass is 335 g/mol. The van der Waals surface area contributed by atoms with E-state index in [2.05, 4.69) is 21.2 Å². The lowest BCUT2D eigenvalue weighted by Crippen LogP contribution is -2.13. The Kier molecular flexibility index (Phi) is 4.63. The molecule has 0 saturated heterocycles. The summed E-state index contributed by atoms with van der Waals surface area (Å²) in [5.74, 6) is 1.04.